The topological polar surface area (TPSA) is 89.2 Å². The van der Waals surface area contributed by atoms with Crippen LogP contribution in [0.25, 0.3) is 0 Å². The van der Waals surface area contributed by atoms with Crippen molar-refractivity contribution in [3.05, 3.63) is 0 Å². The molecule has 0 spiro atoms. The van der Waals surface area contributed by atoms with E-state index < -0.39 is 0 Å². The highest BCUT2D eigenvalue weighted by Gasteiger charge is 2.08. The number of methoxy groups -OCH3 is 1. The van der Waals surface area contributed by atoms with Crippen LogP contribution in [0.5, 0.6) is 0 Å². The van der Waals surface area contributed by atoms with Crippen molar-refractivity contribution in [2.24, 2.45) is 10.7 Å². The maximum absolute atomic E-state index is 10.9. The first-order valence-corrected chi connectivity index (χ1v) is 8.63. The molecular weight excluding hydrogens is 296 g/mol. The smallest absolute Gasteiger partial charge is 0.305 e. The van der Waals surface area contributed by atoms with E-state index in [1.807, 2.05) is 0 Å². The molecule has 0 aromatic carbocycles. The molecule has 1 rings (SSSR count). The van der Waals surface area contributed by atoms with Crippen molar-refractivity contribution >= 4 is 11.9 Å². The number of hydrogen-bond donors (Lipinski definition) is 2. The van der Waals surface area contributed by atoms with Gasteiger partial charge in [-0.15, -0.1) is 0 Å². The first kappa shape index (κ1) is 19.7. The molecule has 1 aliphatic heterocycles. The van der Waals surface area contributed by atoms with Crippen LogP contribution in [0, 0.1) is 0 Å². The van der Waals surface area contributed by atoms with E-state index in [1.54, 1.807) is 0 Å². The summed E-state index contributed by atoms with van der Waals surface area (Å²) in [5.41, 5.74) is 5.84. The molecule has 0 unspecified atom stereocenters. The lowest BCUT2D eigenvalue weighted by Gasteiger charge is -2.26. The van der Waals surface area contributed by atoms with Crippen molar-refractivity contribution in [3.8, 4) is 0 Å². The average Bonchev–Trinajstić information content (AvgIpc) is 2.58. The van der Waals surface area contributed by atoms with E-state index in [9.17, 15) is 4.79 Å². The molecule has 1 heterocycles. The number of nitrogens with zero attached hydrogens (tertiary/aromatic N) is 2. The van der Waals surface area contributed by atoms with Gasteiger partial charge in [0.25, 0.3) is 0 Å². The van der Waals surface area contributed by atoms with Crippen molar-refractivity contribution < 1.29 is 14.3 Å². The molecule has 7 nitrogen and oxygen atoms in total. The first-order valence-electron chi connectivity index (χ1n) is 8.63. The minimum atomic E-state index is -0.128. The van der Waals surface area contributed by atoms with Crippen LogP contribution in [0.1, 0.15) is 38.5 Å². The maximum Gasteiger partial charge on any atom is 0.305 e. The Morgan fingerprint density at radius 3 is 2.70 bits per heavy atom. The number of esters is 1. The minimum Gasteiger partial charge on any atom is -0.469 e. The van der Waals surface area contributed by atoms with Crippen LogP contribution < -0.4 is 11.1 Å². The van der Waals surface area contributed by atoms with Gasteiger partial charge in [0.05, 0.1) is 20.3 Å². The molecule has 0 radical (unpaired) electrons. The fourth-order valence-corrected chi connectivity index (χ4v) is 2.44. The van der Waals surface area contributed by atoms with E-state index in [4.69, 9.17) is 10.5 Å². The van der Waals surface area contributed by atoms with E-state index in [0.29, 0.717) is 12.4 Å². The summed E-state index contributed by atoms with van der Waals surface area (Å²) >= 11 is 0. The number of carbonyl (C=O) groups is 1. The van der Waals surface area contributed by atoms with E-state index in [1.165, 1.54) is 7.11 Å². The van der Waals surface area contributed by atoms with Crippen molar-refractivity contribution in [2.45, 2.75) is 38.5 Å². The molecular formula is C16H32N4O3. The predicted molar refractivity (Wildman–Crippen MR) is 91.5 cm³/mol. The van der Waals surface area contributed by atoms with E-state index >= 15 is 0 Å². The second-order valence-electron chi connectivity index (χ2n) is 5.74. The van der Waals surface area contributed by atoms with Crippen LogP contribution in [-0.4, -0.2) is 69.9 Å². The molecule has 1 saturated heterocycles. The van der Waals surface area contributed by atoms with Gasteiger partial charge in [0.15, 0.2) is 5.96 Å². The Bertz CT molecular complexity index is 344. The molecule has 134 valence electrons. The van der Waals surface area contributed by atoms with E-state index in [-0.39, 0.29) is 5.97 Å². The number of nitrogens with two attached hydrogens (primary N) is 1. The lowest BCUT2D eigenvalue weighted by atomic mass is 10.1. The van der Waals surface area contributed by atoms with Gasteiger partial charge >= 0.3 is 5.97 Å². The third kappa shape index (κ3) is 10.9. The Balaban J connectivity index is 1.90. The molecule has 0 amide bonds. The number of unbranched alkanes of at least 4 members (excludes halogenated alkanes) is 3. The standard InChI is InChI=1S/C16H32N4O3/c1-22-15(21)7-4-2-3-5-8-18-16(17)19-9-6-10-20-11-13-23-14-12-20/h2-14H2,1H3,(H3,17,18,19). The lowest BCUT2D eigenvalue weighted by molar-refractivity contribution is -0.140. The fraction of sp³-hybridized carbons (Fsp3) is 0.875. The monoisotopic (exact) mass is 328 g/mol. The van der Waals surface area contributed by atoms with Gasteiger partial charge in [0.1, 0.15) is 0 Å². The summed E-state index contributed by atoms with van der Waals surface area (Å²) in [4.78, 5) is 17.7. The number of nitrogens with one attached hydrogen (secondary N) is 1. The second kappa shape index (κ2) is 13.1. The highest BCUT2D eigenvalue weighted by Crippen LogP contribution is 2.03. The molecule has 0 aromatic heterocycles. The average molecular weight is 328 g/mol. The fourth-order valence-electron chi connectivity index (χ4n) is 2.44. The molecule has 0 bridgehead atoms. The Morgan fingerprint density at radius 2 is 1.96 bits per heavy atom. The van der Waals surface area contributed by atoms with Crippen LogP contribution in [0.2, 0.25) is 0 Å². The SMILES string of the molecule is COC(=O)CCCCCCNC(N)=NCCCN1CCOCC1. The third-order valence-corrected chi connectivity index (χ3v) is 3.86. The third-order valence-electron chi connectivity index (χ3n) is 3.86. The quantitative estimate of drug-likeness (QED) is 0.252. The maximum atomic E-state index is 10.9. The number of morpholine rings is 1. The zero-order chi connectivity index (χ0) is 16.8. The van der Waals surface area contributed by atoms with Crippen LogP contribution in [0.3, 0.4) is 0 Å². The minimum absolute atomic E-state index is 0.128. The second-order valence-corrected chi connectivity index (χ2v) is 5.74. The van der Waals surface area contributed by atoms with Crippen LogP contribution >= 0.6 is 0 Å². The van der Waals surface area contributed by atoms with Gasteiger partial charge in [-0.1, -0.05) is 12.8 Å². The summed E-state index contributed by atoms with van der Waals surface area (Å²) < 4.78 is 9.92. The highest BCUT2D eigenvalue weighted by molar-refractivity contribution is 5.77. The number of ether oxygens (including phenoxy) is 2. The Kier molecular flexibility index (Phi) is 11.3. The van der Waals surface area contributed by atoms with Crippen molar-refractivity contribution in [3.63, 3.8) is 0 Å². The predicted octanol–water partition coefficient (Wildman–Crippen LogP) is 0.737. The molecule has 0 atom stereocenters. The zero-order valence-corrected chi connectivity index (χ0v) is 14.4. The largest absolute Gasteiger partial charge is 0.469 e. The molecule has 23 heavy (non-hydrogen) atoms. The van der Waals surface area contributed by atoms with Gasteiger partial charge in [-0.25, -0.2) is 0 Å². The molecule has 1 aliphatic rings. The number of carbonyl (C=O) groups excluding carboxylic acids is 1. The summed E-state index contributed by atoms with van der Waals surface area (Å²) in [6.07, 6.45) is 5.57. The van der Waals surface area contributed by atoms with Gasteiger partial charge < -0.3 is 20.5 Å². The van der Waals surface area contributed by atoms with Crippen LogP contribution in [0.15, 0.2) is 4.99 Å². The van der Waals surface area contributed by atoms with Gasteiger partial charge in [-0.3, -0.25) is 14.7 Å². The zero-order valence-electron chi connectivity index (χ0n) is 14.4. The van der Waals surface area contributed by atoms with Gasteiger partial charge in [-0.2, -0.15) is 0 Å². The number of hydrogen-bond acceptors (Lipinski definition) is 5. The highest BCUT2D eigenvalue weighted by atomic mass is 16.5. The molecule has 0 saturated carbocycles. The number of guanidine groups is 1. The normalized spacial score (nSPS) is 16.3. The molecule has 0 aromatic rings. The molecule has 3 N–H and O–H groups in total. The van der Waals surface area contributed by atoms with E-state index in [2.05, 4.69) is 19.9 Å². The summed E-state index contributed by atoms with van der Waals surface area (Å²) in [7, 11) is 1.43. The molecule has 7 heteroatoms. The Labute approximate surface area is 139 Å². The summed E-state index contributed by atoms with van der Waals surface area (Å²) in [5.74, 6) is 0.401. The Morgan fingerprint density at radius 1 is 1.22 bits per heavy atom. The van der Waals surface area contributed by atoms with Gasteiger partial charge in [-0.05, 0) is 19.3 Å². The van der Waals surface area contributed by atoms with Crippen molar-refractivity contribution in [2.75, 3.05) is 53.0 Å². The van der Waals surface area contributed by atoms with Crippen molar-refractivity contribution in [1.82, 2.24) is 10.2 Å². The first-order chi connectivity index (χ1) is 11.2. The van der Waals surface area contributed by atoms with E-state index in [0.717, 1.165) is 78.0 Å². The number of aliphatic imine (C=N–C) groups is 1. The Hall–Kier alpha value is -1.34. The number of rotatable bonds is 11. The van der Waals surface area contributed by atoms with Crippen LogP contribution in [-0.2, 0) is 14.3 Å². The lowest BCUT2D eigenvalue weighted by Crippen LogP contribution is -2.37. The summed E-state index contributed by atoms with van der Waals surface area (Å²) in [6.45, 7) is 6.37. The van der Waals surface area contributed by atoms with Gasteiger partial charge in [0.2, 0.25) is 0 Å². The van der Waals surface area contributed by atoms with Crippen molar-refractivity contribution in [1.29, 1.82) is 0 Å². The molecule has 0 aliphatic carbocycles. The van der Waals surface area contributed by atoms with Gasteiger partial charge in [0, 0.05) is 39.1 Å². The molecule has 1 fully saturated rings. The van der Waals surface area contributed by atoms with Crippen LogP contribution in [0.4, 0.5) is 0 Å². The summed E-state index contributed by atoms with van der Waals surface area (Å²) in [6, 6.07) is 0. The summed E-state index contributed by atoms with van der Waals surface area (Å²) in [5, 5.41) is 3.13.